The Morgan fingerprint density at radius 2 is 1.21 bits per heavy atom. The van der Waals surface area contributed by atoms with E-state index in [1.807, 2.05) is 25.1 Å². The van der Waals surface area contributed by atoms with Gasteiger partial charge in [0.2, 0.25) is 0 Å². The van der Waals surface area contributed by atoms with E-state index in [0.717, 1.165) is 22.0 Å². The van der Waals surface area contributed by atoms with Crippen LogP contribution in [0.5, 0.6) is 0 Å². The molecule has 4 rings (SSSR count). The summed E-state index contributed by atoms with van der Waals surface area (Å²) in [6.07, 6.45) is 0.913. The zero-order valence-corrected chi connectivity index (χ0v) is 14.8. The molecule has 4 aromatic carbocycles. The summed E-state index contributed by atoms with van der Waals surface area (Å²) in [5.41, 5.74) is 3.72. The highest BCUT2D eigenvalue weighted by Gasteiger charge is 2.03. The molecule has 0 aliphatic rings. The summed E-state index contributed by atoms with van der Waals surface area (Å²) in [5.74, 6) is 0. The molecule has 0 atom stereocenters. The minimum Gasteiger partial charge on any atom is -0.0843 e. The number of fused-ring (bicyclic) bond motifs is 2. The first-order valence-corrected chi connectivity index (χ1v) is 8.71. The normalized spacial score (nSPS) is 11.3. The second kappa shape index (κ2) is 6.12. The smallest absolute Gasteiger partial charge is 0.0441 e. The topological polar surface area (TPSA) is 0 Å². The fourth-order valence-electron chi connectivity index (χ4n) is 3.15. The maximum absolute atomic E-state index is 6.21. The largest absolute Gasteiger partial charge is 0.0843 e. The van der Waals surface area contributed by atoms with Gasteiger partial charge in [0, 0.05) is 10.0 Å². The molecule has 118 valence electrons. The average Bonchev–Trinajstić information content (AvgIpc) is 2.56. The minimum atomic E-state index is 0.777. The van der Waals surface area contributed by atoms with E-state index in [1.165, 1.54) is 32.7 Å². The van der Waals surface area contributed by atoms with Crippen molar-refractivity contribution in [3.8, 4) is 0 Å². The highest BCUT2D eigenvalue weighted by atomic mass is 35.5. The van der Waals surface area contributed by atoms with Gasteiger partial charge in [-0.1, -0.05) is 65.7 Å². The van der Waals surface area contributed by atoms with Crippen LogP contribution in [0, 0.1) is 6.92 Å². The fraction of sp³-hybridized carbons (Fsp3) is 0.0909. The molecule has 0 fully saturated rings. The minimum absolute atomic E-state index is 0.777. The molecule has 0 amide bonds. The Balaban J connectivity index is 1.70. The highest BCUT2D eigenvalue weighted by Crippen LogP contribution is 2.26. The van der Waals surface area contributed by atoms with Crippen LogP contribution in [0.1, 0.15) is 16.7 Å². The maximum atomic E-state index is 6.21. The molecule has 0 aliphatic carbocycles. The van der Waals surface area contributed by atoms with Gasteiger partial charge in [0.1, 0.15) is 0 Å². The Morgan fingerprint density at radius 1 is 0.625 bits per heavy atom. The van der Waals surface area contributed by atoms with Crippen LogP contribution in [0.4, 0.5) is 0 Å². The molecule has 0 spiro atoms. The van der Waals surface area contributed by atoms with Gasteiger partial charge >= 0.3 is 0 Å². The van der Waals surface area contributed by atoms with E-state index in [2.05, 4.69) is 48.5 Å². The summed E-state index contributed by atoms with van der Waals surface area (Å²) in [5, 5.41) is 6.42. The fourth-order valence-corrected chi connectivity index (χ4v) is 3.51. The third kappa shape index (κ3) is 3.00. The summed E-state index contributed by atoms with van der Waals surface area (Å²) in [6, 6.07) is 23.4. The number of aryl methyl sites for hydroxylation is 1. The van der Waals surface area contributed by atoms with Crippen LogP contribution in [-0.4, -0.2) is 0 Å². The van der Waals surface area contributed by atoms with Crippen molar-refractivity contribution in [1.29, 1.82) is 0 Å². The van der Waals surface area contributed by atoms with Gasteiger partial charge in [-0.3, -0.25) is 0 Å². The average molecular weight is 351 g/mol. The van der Waals surface area contributed by atoms with Crippen LogP contribution < -0.4 is 0 Å². The lowest BCUT2D eigenvalue weighted by Crippen LogP contribution is -1.89. The summed E-state index contributed by atoms with van der Waals surface area (Å²) < 4.78 is 0. The van der Waals surface area contributed by atoms with Gasteiger partial charge in [-0.05, 0) is 75.8 Å². The van der Waals surface area contributed by atoms with E-state index in [1.54, 1.807) is 0 Å². The van der Waals surface area contributed by atoms with E-state index in [4.69, 9.17) is 23.2 Å². The van der Waals surface area contributed by atoms with Gasteiger partial charge in [0.05, 0.1) is 0 Å². The third-order valence-electron chi connectivity index (χ3n) is 4.46. The summed E-state index contributed by atoms with van der Waals surface area (Å²) in [4.78, 5) is 0. The van der Waals surface area contributed by atoms with Gasteiger partial charge in [-0.2, -0.15) is 0 Å². The predicted octanol–water partition coefficient (Wildman–Crippen LogP) is 7.20. The van der Waals surface area contributed by atoms with Crippen molar-refractivity contribution in [2.24, 2.45) is 0 Å². The number of rotatable bonds is 2. The van der Waals surface area contributed by atoms with E-state index in [-0.39, 0.29) is 0 Å². The van der Waals surface area contributed by atoms with E-state index in [0.29, 0.717) is 0 Å². The molecule has 0 radical (unpaired) electrons. The van der Waals surface area contributed by atoms with Crippen LogP contribution in [0.3, 0.4) is 0 Å². The van der Waals surface area contributed by atoms with Crippen molar-refractivity contribution < 1.29 is 0 Å². The molecule has 4 aromatic rings. The quantitative estimate of drug-likeness (QED) is 0.358. The van der Waals surface area contributed by atoms with Gasteiger partial charge in [-0.25, -0.2) is 0 Å². The van der Waals surface area contributed by atoms with E-state index < -0.39 is 0 Å². The van der Waals surface area contributed by atoms with Gasteiger partial charge in [0.15, 0.2) is 0 Å². The van der Waals surface area contributed by atoms with Gasteiger partial charge < -0.3 is 0 Å². The van der Waals surface area contributed by atoms with Crippen molar-refractivity contribution in [2.45, 2.75) is 13.3 Å². The Labute approximate surface area is 151 Å². The molecule has 0 unspecified atom stereocenters. The van der Waals surface area contributed by atoms with Gasteiger partial charge in [-0.15, -0.1) is 0 Å². The molecule has 0 nitrogen and oxygen atoms in total. The summed E-state index contributed by atoms with van der Waals surface area (Å²) >= 11 is 12.3. The molecule has 0 N–H and O–H groups in total. The third-order valence-corrected chi connectivity index (χ3v) is 5.10. The molecular weight excluding hydrogens is 335 g/mol. The first-order chi connectivity index (χ1) is 11.6. The zero-order chi connectivity index (χ0) is 16.7. The van der Waals surface area contributed by atoms with Gasteiger partial charge in [0.25, 0.3) is 0 Å². The Kier molecular flexibility index (Phi) is 3.96. The second-order valence-electron chi connectivity index (χ2n) is 6.29. The Bertz CT molecular complexity index is 1060. The number of benzene rings is 4. The lowest BCUT2D eigenvalue weighted by molar-refractivity contribution is 1.21. The van der Waals surface area contributed by atoms with Crippen molar-refractivity contribution in [1.82, 2.24) is 0 Å². The summed E-state index contributed by atoms with van der Waals surface area (Å²) in [6.45, 7) is 2.04. The predicted molar refractivity (Wildman–Crippen MR) is 105 cm³/mol. The van der Waals surface area contributed by atoms with Crippen LogP contribution in [0.2, 0.25) is 10.0 Å². The SMILES string of the molecule is Cc1cc2cc(Cc3ccc4cc(Cl)ccc4c3)ccc2cc1Cl. The van der Waals surface area contributed by atoms with Crippen molar-refractivity contribution in [3.05, 3.63) is 93.5 Å². The van der Waals surface area contributed by atoms with Crippen LogP contribution in [0.25, 0.3) is 21.5 Å². The van der Waals surface area contributed by atoms with E-state index in [9.17, 15) is 0 Å². The number of hydrogen-bond acceptors (Lipinski definition) is 0. The standard InChI is InChI=1S/C22H16Cl2/c1-14-8-20-11-16(3-5-19(20)13-22(14)24)9-15-2-4-18-12-21(23)7-6-17(18)10-15/h2-8,10-13H,9H2,1H3. The van der Waals surface area contributed by atoms with Crippen LogP contribution in [-0.2, 0) is 6.42 Å². The maximum Gasteiger partial charge on any atom is 0.0441 e. The molecule has 0 aliphatic heterocycles. The van der Waals surface area contributed by atoms with Crippen molar-refractivity contribution in [2.75, 3.05) is 0 Å². The van der Waals surface area contributed by atoms with Crippen molar-refractivity contribution >= 4 is 44.7 Å². The van der Waals surface area contributed by atoms with Crippen molar-refractivity contribution in [3.63, 3.8) is 0 Å². The Hall–Kier alpha value is -2.02. The first kappa shape index (κ1) is 15.5. The molecule has 0 saturated carbocycles. The molecule has 0 heterocycles. The molecule has 0 bridgehead atoms. The molecule has 24 heavy (non-hydrogen) atoms. The van der Waals surface area contributed by atoms with Crippen LogP contribution in [0.15, 0.2) is 66.7 Å². The van der Waals surface area contributed by atoms with E-state index >= 15 is 0 Å². The lowest BCUT2D eigenvalue weighted by atomic mass is 9.98. The van der Waals surface area contributed by atoms with Crippen LogP contribution >= 0.6 is 23.2 Å². The first-order valence-electron chi connectivity index (χ1n) is 7.95. The monoisotopic (exact) mass is 350 g/mol. The second-order valence-corrected chi connectivity index (χ2v) is 7.13. The molecule has 0 saturated heterocycles. The Morgan fingerprint density at radius 3 is 1.96 bits per heavy atom. The number of halogens is 2. The zero-order valence-electron chi connectivity index (χ0n) is 13.3. The molecule has 0 aromatic heterocycles. The summed E-state index contributed by atoms with van der Waals surface area (Å²) in [7, 11) is 0. The highest BCUT2D eigenvalue weighted by molar-refractivity contribution is 6.32. The molecular formula is C22H16Cl2. The molecule has 2 heteroatoms. The lowest BCUT2D eigenvalue weighted by Gasteiger charge is -2.08. The number of hydrogen-bond donors (Lipinski definition) is 0.